The number of hydrogen-bond donors (Lipinski definition) is 1. The summed E-state index contributed by atoms with van der Waals surface area (Å²) in [6, 6.07) is 4.48. The molecule has 0 spiro atoms. The zero-order chi connectivity index (χ0) is 12.6. The summed E-state index contributed by atoms with van der Waals surface area (Å²) >= 11 is 0. The Labute approximate surface area is 99.7 Å². The minimum Gasteiger partial charge on any atom is -0.482 e. The maximum atomic E-state index is 11.9. The Morgan fingerprint density at radius 3 is 2.71 bits per heavy atom. The fourth-order valence-corrected chi connectivity index (χ4v) is 2.60. The monoisotopic (exact) mass is 255 g/mol. The van der Waals surface area contributed by atoms with E-state index >= 15 is 0 Å². The van der Waals surface area contributed by atoms with Gasteiger partial charge in [0.1, 0.15) is 5.75 Å². The summed E-state index contributed by atoms with van der Waals surface area (Å²) in [6.45, 7) is 3.19. The fraction of sp³-hybridized carbons (Fsp3) is 0.364. The number of fused-ring (bicyclic) bond motifs is 1. The lowest BCUT2D eigenvalue weighted by Gasteiger charge is -2.19. The summed E-state index contributed by atoms with van der Waals surface area (Å²) in [7, 11) is -3.33. The quantitative estimate of drug-likeness (QED) is 0.861. The summed E-state index contributed by atoms with van der Waals surface area (Å²) < 4.78 is 29.0. The Bertz CT molecular complexity index is 563. The Hall–Kier alpha value is -1.56. The number of amides is 1. The summed E-state index contributed by atoms with van der Waals surface area (Å²) in [6.07, 6.45) is 0. The van der Waals surface area contributed by atoms with Gasteiger partial charge in [0.25, 0.3) is 5.91 Å². The van der Waals surface area contributed by atoms with Crippen molar-refractivity contribution >= 4 is 21.4 Å². The number of benzene rings is 1. The van der Waals surface area contributed by atoms with Gasteiger partial charge in [-0.05, 0) is 32.0 Å². The van der Waals surface area contributed by atoms with Gasteiger partial charge in [-0.25, -0.2) is 8.42 Å². The minimum absolute atomic E-state index is 0.0384. The smallest absolute Gasteiger partial charge is 0.262 e. The molecule has 0 aromatic heterocycles. The zero-order valence-electron chi connectivity index (χ0n) is 9.56. The van der Waals surface area contributed by atoms with Crippen LogP contribution in [0.5, 0.6) is 5.75 Å². The van der Waals surface area contributed by atoms with Gasteiger partial charge in [-0.1, -0.05) is 0 Å². The summed E-state index contributed by atoms with van der Waals surface area (Å²) in [5.74, 6) is 0.212. The summed E-state index contributed by atoms with van der Waals surface area (Å²) in [5.41, 5.74) is 0.406. The van der Waals surface area contributed by atoms with Crippen LogP contribution in [0.25, 0.3) is 0 Å². The van der Waals surface area contributed by atoms with E-state index in [-0.39, 0.29) is 17.4 Å². The van der Waals surface area contributed by atoms with Gasteiger partial charge in [-0.3, -0.25) is 4.79 Å². The number of ether oxygens (including phenoxy) is 1. The van der Waals surface area contributed by atoms with Crippen LogP contribution in [0.1, 0.15) is 13.8 Å². The van der Waals surface area contributed by atoms with Crippen molar-refractivity contribution in [3.8, 4) is 5.75 Å². The zero-order valence-corrected chi connectivity index (χ0v) is 10.4. The normalized spacial score (nSPS) is 15.1. The number of rotatable bonds is 2. The van der Waals surface area contributed by atoms with E-state index in [0.717, 1.165) is 0 Å². The number of sulfone groups is 1. The number of anilines is 1. The van der Waals surface area contributed by atoms with Crippen LogP contribution in [0.15, 0.2) is 23.1 Å². The highest BCUT2D eigenvalue weighted by Gasteiger charge is 2.23. The van der Waals surface area contributed by atoms with Crippen LogP contribution in [0, 0.1) is 0 Å². The van der Waals surface area contributed by atoms with Gasteiger partial charge in [0.05, 0.1) is 15.8 Å². The molecule has 1 amide bonds. The van der Waals surface area contributed by atoms with Crippen LogP contribution in [0.2, 0.25) is 0 Å². The third-order valence-corrected chi connectivity index (χ3v) is 4.69. The maximum absolute atomic E-state index is 11.9. The highest BCUT2D eigenvalue weighted by molar-refractivity contribution is 7.92. The first-order valence-electron chi connectivity index (χ1n) is 5.22. The molecule has 0 saturated heterocycles. The third kappa shape index (κ3) is 2.12. The van der Waals surface area contributed by atoms with Crippen molar-refractivity contribution in [3.05, 3.63) is 18.2 Å². The summed E-state index contributed by atoms with van der Waals surface area (Å²) in [5, 5.41) is 2.08. The van der Waals surface area contributed by atoms with E-state index in [1.807, 2.05) is 0 Å². The number of nitrogens with one attached hydrogen (secondary N) is 1. The predicted molar refractivity (Wildman–Crippen MR) is 62.9 cm³/mol. The first kappa shape index (κ1) is 11.9. The molecule has 1 aliphatic rings. The van der Waals surface area contributed by atoms with E-state index in [0.29, 0.717) is 11.4 Å². The standard InChI is InChI=1S/C11H13NO4S/c1-7(2)17(14,15)8-3-4-10-9(5-8)12-11(13)6-16-10/h3-5,7H,6H2,1-2H3,(H,12,13). The molecule has 1 aromatic rings. The maximum Gasteiger partial charge on any atom is 0.262 e. The molecule has 0 fully saturated rings. The molecule has 6 heteroatoms. The van der Waals surface area contributed by atoms with Crippen LogP contribution in [-0.2, 0) is 14.6 Å². The average Bonchev–Trinajstić information content (AvgIpc) is 2.27. The lowest BCUT2D eigenvalue weighted by atomic mass is 10.2. The second-order valence-corrected chi connectivity index (χ2v) is 6.59. The van der Waals surface area contributed by atoms with Crippen LogP contribution in [0.3, 0.4) is 0 Å². The molecule has 92 valence electrons. The lowest BCUT2D eigenvalue weighted by molar-refractivity contribution is -0.118. The van der Waals surface area contributed by atoms with Crippen molar-refractivity contribution in [2.24, 2.45) is 0 Å². The van der Waals surface area contributed by atoms with Gasteiger partial charge >= 0.3 is 0 Å². The van der Waals surface area contributed by atoms with Crippen LogP contribution in [-0.4, -0.2) is 26.2 Å². The summed E-state index contributed by atoms with van der Waals surface area (Å²) in [4.78, 5) is 11.3. The molecular formula is C11H13NO4S. The highest BCUT2D eigenvalue weighted by Crippen LogP contribution is 2.31. The molecule has 1 N–H and O–H groups in total. The largest absolute Gasteiger partial charge is 0.482 e. The molecule has 17 heavy (non-hydrogen) atoms. The molecule has 0 bridgehead atoms. The highest BCUT2D eigenvalue weighted by atomic mass is 32.2. The molecule has 1 aliphatic heterocycles. The predicted octanol–water partition coefficient (Wildman–Crippen LogP) is 1.20. The molecule has 0 aliphatic carbocycles. The third-order valence-electron chi connectivity index (χ3n) is 2.53. The average molecular weight is 255 g/mol. The van der Waals surface area contributed by atoms with Crippen molar-refractivity contribution in [2.75, 3.05) is 11.9 Å². The van der Waals surface area contributed by atoms with E-state index in [2.05, 4.69) is 5.32 Å². The molecule has 0 radical (unpaired) electrons. The second-order valence-electron chi connectivity index (χ2n) is 4.09. The molecule has 2 rings (SSSR count). The Morgan fingerprint density at radius 1 is 1.35 bits per heavy atom. The van der Waals surface area contributed by atoms with E-state index < -0.39 is 15.1 Å². The van der Waals surface area contributed by atoms with Gasteiger partial charge in [-0.2, -0.15) is 0 Å². The van der Waals surface area contributed by atoms with E-state index in [1.165, 1.54) is 12.1 Å². The molecule has 1 aromatic carbocycles. The van der Waals surface area contributed by atoms with E-state index in [1.54, 1.807) is 19.9 Å². The topological polar surface area (TPSA) is 72.5 Å². The van der Waals surface area contributed by atoms with Crippen LogP contribution < -0.4 is 10.1 Å². The van der Waals surface area contributed by atoms with Gasteiger partial charge in [0.2, 0.25) is 0 Å². The van der Waals surface area contributed by atoms with Crippen molar-refractivity contribution in [1.82, 2.24) is 0 Å². The SMILES string of the molecule is CC(C)S(=O)(=O)c1ccc2c(c1)NC(=O)CO2. The number of carbonyl (C=O) groups is 1. The first-order chi connectivity index (χ1) is 7.91. The van der Waals surface area contributed by atoms with Crippen LogP contribution in [0.4, 0.5) is 5.69 Å². The Kier molecular flexibility index (Phi) is 2.82. The van der Waals surface area contributed by atoms with Crippen LogP contribution >= 0.6 is 0 Å². The molecule has 0 saturated carbocycles. The van der Waals surface area contributed by atoms with Gasteiger partial charge in [0, 0.05) is 0 Å². The molecule has 0 unspecified atom stereocenters. The van der Waals surface area contributed by atoms with Gasteiger partial charge in [-0.15, -0.1) is 0 Å². The molecule has 0 atom stereocenters. The van der Waals surface area contributed by atoms with Gasteiger partial charge < -0.3 is 10.1 Å². The first-order valence-corrected chi connectivity index (χ1v) is 6.76. The van der Waals surface area contributed by atoms with Crippen molar-refractivity contribution in [3.63, 3.8) is 0 Å². The number of hydrogen-bond acceptors (Lipinski definition) is 4. The van der Waals surface area contributed by atoms with Crippen molar-refractivity contribution in [2.45, 2.75) is 24.0 Å². The van der Waals surface area contributed by atoms with Crippen molar-refractivity contribution in [1.29, 1.82) is 0 Å². The fourth-order valence-electron chi connectivity index (χ4n) is 1.51. The molecule has 5 nitrogen and oxygen atoms in total. The van der Waals surface area contributed by atoms with E-state index in [4.69, 9.17) is 4.74 Å². The molecular weight excluding hydrogens is 242 g/mol. The lowest BCUT2D eigenvalue weighted by Crippen LogP contribution is -2.25. The van der Waals surface area contributed by atoms with E-state index in [9.17, 15) is 13.2 Å². The minimum atomic E-state index is -3.33. The second kappa shape index (κ2) is 4.03. The molecule has 1 heterocycles. The number of carbonyl (C=O) groups excluding carboxylic acids is 1. The van der Waals surface area contributed by atoms with Crippen molar-refractivity contribution < 1.29 is 17.9 Å². The van der Waals surface area contributed by atoms with Gasteiger partial charge in [0.15, 0.2) is 16.4 Å². The Balaban J connectivity index is 2.47. The Morgan fingerprint density at radius 2 is 2.06 bits per heavy atom.